The molecule has 0 aliphatic heterocycles. The molecule has 0 bridgehead atoms. The van der Waals surface area contributed by atoms with Crippen LogP contribution < -0.4 is 16.0 Å². The van der Waals surface area contributed by atoms with Crippen LogP contribution in [-0.4, -0.2) is 28.0 Å². The van der Waals surface area contributed by atoms with Gasteiger partial charge in [-0.2, -0.15) is 4.98 Å². The Bertz CT molecular complexity index is 911. The maximum atomic E-state index is 11.3. The van der Waals surface area contributed by atoms with Crippen molar-refractivity contribution in [3.05, 3.63) is 40.5 Å². The lowest BCUT2D eigenvalue weighted by atomic mass is 10.2. The van der Waals surface area contributed by atoms with Gasteiger partial charge in [-0.1, -0.05) is 13.3 Å². The summed E-state index contributed by atoms with van der Waals surface area (Å²) in [7, 11) is 0. The van der Waals surface area contributed by atoms with Gasteiger partial charge in [-0.25, -0.2) is 9.78 Å². The fraction of sp³-hybridized carbons (Fsp3) is 0.389. The normalized spacial score (nSPS) is 11.0. The smallest absolute Gasteiger partial charge is 0.408 e. The minimum Gasteiger partial charge on any atom is -0.408 e. The minimum absolute atomic E-state index is 0.461. The number of nitrogens with zero attached hydrogens (tertiary/aromatic N) is 3. The van der Waals surface area contributed by atoms with Crippen molar-refractivity contribution in [1.29, 1.82) is 0 Å². The number of aromatic amines is 1. The van der Waals surface area contributed by atoms with E-state index in [0.29, 0.717) is 17.0 Å². The lowest BCUT2D eigenvalue weighted by Crippen LogP contribution is -2.23. The lowest BCUT2D eigenvalue weighted by Gasteiger charge is -2.21. The number of H-pyrrole nitrogens is 1. The Morgan fingerprint density at radius 2 is 1.96 bits per heavy atom. The number of aryl methyl sites for hydroxylation is 1. The summed E-state index contributed by atoms with van der Waals surface area (Å²) in [6.45, 7) is 8.13. The first-order chi connectivity index (χ1) is 12.1. The van der Waals surface area contributed by atoms with Crippen LogP contribution in [0.5, 0.6) is 0 Å². The van der Waals surface area contributed by atoms with Crippen molar-refractivity contribution in [3.63, 3.8) is 0 Å². The monoisotopic (exact) mass is 341 g/mol. The molecule has 1 aromatic carbocycles. The Morgan fingerprint density at radius 1 is 1.16 bits per heavy atom. The van der Waals surface area contributed by atoms with Gasteiger partial charge in [-0.3, -0.25) is 4.98 Å². The number of nitrogens with one attached hydrogen (secondary N) is 2. The molecule has 0 aliphatic carbocycles. The molecule has 2 aromatic heterocycles. The van der Waals surface area contributed by atoms with E-state index in [2.05, 4.69) is 52.0 Å². The summed E-state index contributed by atoms with van der Waals surface area (Å²) in [6.07, 6.45) is 1.92. The van der Waals surface area contributed by atoms with E-state index in [4.69, 9.17) is 4.42 Å². The average molecular weight is 341 g/mol. The molecular weight excluding hydrogens is 318 g/mol. The maximum Gasteiger partial charge on any atom is 0.417 e. The molecule has 25 heavy (non-hydrogen) atoms. The zero-order valence-electron chi connectivity index (χ0n) is 14.8. The standard InChI is InChI=1S/C18H23N5O2/c1-4-7-12-11-16(23(5-2)6-3)22-17(19-12)20-13-8-9-14-15(10-13)25-18(24)21-14/h8-11H,4-7H2,1-3H3,(H,21,24)(H,19,20,22). The van der Waals surface area contributed by atoms with Crippen molar-refractivity contribution in [2.24, 2.45) is 0 Å². The SMILES string of the molecule is CCCc1cc(N(CC)CC)nc(Nc2ccc3[nH]c(=O)oc3c2)n1. The Kier molecular flexibility index (Phi) is 5.02. The maximum absolute atomic E-state index is 11.3. The molecule has 7 nitrogen and oxygen atoms in total. The Hall–Kier alpha value is -2.83. The number of hydrogen-bond donors (Lipinski definition) is 2. The van der Waals surface area contributed by atoms with Crippen LogP contribution in [0.1, 0.15) is 32.9 Å². The van der Waals surface area contributed by atoms with Crippen molar-refractivity contribution in [3.8, 4) is 0 Å². The quantitative estimate of drug-likeness (QED) is 0.684. The van der Waals surface area contributed by atoms with Crippen molar-refractivity contribution >= 4 is 28.6 Å². The molecule has 7 heteroatoms. The molecule has 0 saturated heterocycles. The van der Waals surface area contributed by atoms with E-state index in [1.807, 2.05) is 6.07 Å². The van der Waals surface area contributed by atoms with Gasteiger partial charge in [0.1, 0.15) is 5.82 Å². The number of aromatic nitrogens is 3. The highest BCUT2D eigenvalue weighted by Crippen LogP contribution is 2.22. The Balaban J connectivity index is 1.94. The van der Waals surface area contributed by atoms with E-state index in [0.717, 1.165) is 43.1 Å². The van der Waals surface area contributed by atoms with Gasteiger partial charge >= 0.3 is 5.76 Å². The van der Waals surface area contributed by atoms with Gasteiger partial charge < -0.3 is 14.6 Å². The first-order valence-corrected chi connectivity index (χ1v) is 8.65. The van der Waals surface area contributed by atoms with E-state index in [1.165, 1.54) is 0 Å². The largest absolute Gasteiger partial charge is 0.417 e. The number of rotatable bonds is 7. The molecule has 0 fully saturated rings. The predicted molar refractivity (Wildman–Crippen MR) is 99.7 cm³/mol. The third-order valence-corrected chi connectivity index (χ3v) is 4.04. The first kappa shape index (κ1) is 17.0. The van der Waals surface area contributed by atoms with Crippen LogP contribution in [0.3, 0.4) is 0 Å². The van der Waals surface area contributed by atoms with Crippen LogP contribution in [-0.2, 0) is 6.42 Å². The van der Waals surface area contributed by atoms with Gasteiger partial charge in [0.25, 0.3) is 0 Å². The number of fused-ring (bicyclic) bond motifs is 1. The van der Waals surface area contributed by atoms with Gasteiger partial charge in [0.2, 0.25) is 5.95 Å². The third-order valence-electron chi connectivity index (χ3n) is 4.04. The summed E-state index contributed by atoms with van der Waals surface area (Å²) in [5, 5.41) is 3.22. The highest BCUT2D eigenvalue weighted by molar-refractivity contribution is 5.77. The van der Waals surface area contributed by atoms with Crippen LogP contribution in [0.25, 0.3) is 11.1 Å². The van der Waals surface area contributed by atoms with Crippen LogP contribution in [0.15, 0.2) is 33.5 Å². The zero-order valence-corrected chi connectivity index (χ0v) is 14.8. The zero-order chi connectivity index (χ0) is 17.8. The summed E-state index contributed by atoms with van der Waals surface area (Å²) in [4.78, 5) is 25.4. The van der Waals surface area contributed by atoms with Crippen LogP contribution >= 0.6 is 0 Å². The van der Waals surface area contributed by atoms with E-state index in [1.54, 1.807) is 12.1 Å². The summed E-state index contributed by atoms with van der Waals surface area (Å²) in [6, 6.07) is 7.47. The van der Waals surface area contributed by atoms with Crippen LogP contribution in [0, 0.1) is 0 Å². The molecule has 0 atom stereocenters. The van der Waals surface area contributed by atoms with Crippen molar-refractivity contribution in [2.45, 2.75) is 33.6 Å². The molecule has 3 aromatic rings. The first-order valence-electron chi connectivity index (χ1n) is 8.65. The van der Waals surface area contributed by atoms with Gasteiger partial charge in [-0.15, -0.1) is 0 Å². The molecule has 0 saturated carbocycles. The summed E-state index contributed by atoms with van der Waals surface area (Å²) in [5.74, 6) is 1.00. The second kappa shape index (κ2) is 7.38. The molecule has 3 rings (SSSR count). The van der Waals surface area contributed by atoms with E-state index < -0.39 is 5.76 Å². The second-order valence-corrected chi connectivity index (χ2v) is 5.81. The molecule has 0 aliphatic rings. The number of hydrogen-bond acceptors (Lipinski definition) is 6. The molecule has 132 valence electrons. The van der Waals surface area contributed by atoms with Gasteiger partial charge in [0.05, 0.1) is 5.52 Å². The second-order valence-electron chi connectivity index (χ2n) is 5.81. The third kappa shape index (κ3) is 3.81. The van der Waals surface area contributed by atoms with Crippen molar-refractivity contribution < 1.29 is 4.42 Å². The highest BCUT2D eigenvalue weighted by atomic mass is 16.4. The number of oxazole rings is 1. The lowest BCUT2D eigenvalue weighted by molar-refractivity contribution is 0.555. The molecule has 0 radical (unpaired) electrons. The number of anilines is 3. The van der Waals surface area contributed by atoms with Gasteiger partial charge in [-0.05, 0) is 32.4 Å². The summed E-state index contributed by atoms with van der Waals surface area (Å²) in [5.41, 5.74) is 2.95. The summed E-state index contributed by atoms with van der Waals surface area (Å²) < 4.78 is 5.11. The molecule has 2 N–H and O–H groups in total. The Labute approximate surface area is 146 Å². The average Bonchev–Trinajstić information content (AvgIpc) is 2.95. The van der Waals surface area contributed by atoms with Crippen LogP contribution in [0.4, 0.5) is 17.5 Å². The molecule has 0 unspecified atom stereocenters. The van der Waals surface area contributed by atoms with Crippen LogP contribution in [0.2, 0.25) is 0 Å². The number of benzene rings is 1. The molecule has 0 spiro atoms. The predicted octanol–water partition coefficient (Wildman–Crippen LogP) is 3.45. The molecular formula is C18H23N5O2. The highest BCUT2D eigenvalue weighted by Gasteiger charge is 2.10. The van der Waals surface area contributed by atoms with Crippen molar-refractivity contribution in [1.82, 2.24) is 15.0 Å². The Morgan fingerprint density at radius 3 is 2.68 bits per heavy atom. The fourth-order valence-corrected chi connectivity index (χ4v) is 2.79. The van der Waals surface area contributed by atoms with E-state index in [9.17, 15) is 4.79 Å². The van der Waals surface area contributed by atoms with Gasteiger partial charge in [0, 0.05) is 36.6 Å². The van der Waals surface area contributed by atoms with E-state index >= 15 is 0 Å². The summed E-state index contributed by atoms with van der Waals surface area (Å²) >= 11 is 0. The molecule has 0 amide bonds. The molecule has 2 heterocycles. The fourth-order valence-electron chi connectivity index (χ4n) is 2.79. The van der Waals surface area contributed by atoms with Gasteiger partial charge in [0.15, 0.2) is 5.58 Å². The topological polar surface area (TPSA) is 87.0 Å². The van der Waals surface area contributed by atoms with Crippen molar-refractivity contribution in [2.75, 3.05) is 23.3 Å². The minimum atomic E-state index is -0.461. The van der Waals surface area contributed by atoms with E-state index in [-0.39, 0.29) is 0 Å².